The van der Waals surface area contributed by atoms with Gasteiger partial charge in [0.1, 0.15) is 0 Å². The highest BCUT2D eigenvalue weighted by molar-refractivity contribution is 9.09. The minimum atomic E-state index is -2.25. The van der Waals surface area contributed by atoms with E-state index in [1.807, 2.05) is 6.92 Å². The van der Waals surface area contributed by atoms with Crippen LogP contribution in [0, 0.1) is 0 Å². The quantitative estimate of drug-likeness (QED) is 0.473. The Morgan fingerprint density at radius 1 is 1.36 bits per heavy atom. The van der Waals surface area contributed by atoms with Crippen LogP contribution in [0.2, 0.25) is 0 Å². The zero-order chi connectivity index (χ0) is 10.8. The molecular formula is C9H18BrF2NO. The fraction of sp³-hybridized carbons (Fsp3) is 1.00. The summed E-state index contributed by atoms with van der Waals surface area (Å²) in [7, 11) is 0. The second-order valence-corrected chi connectivity index (χ2v) is 3.72. The molecule has 0 aromatic rings. The van der Waals surface area contributed by atoms with Gasteiger partial charge in [-0.05, 0) is 13.3 Å². The standard InChI is InChI=1S/C9H18BrF2NO/c1-2-14-7-3-5-13(6-4-10)8-9(11)12/h9H,2-8H2,1H3. The maximum Gasteiger partial charge on any atom is 0.251 e. The van der Waals surface area contributed by atoms with Crippen LogP contribution in [-0.2, 0) is 4.74 Å². The number of rotatable bonds is 9. The molecule has 86 valence electrons. The molecule has 0 aromatic carbocycles. The van der Waals surface area contributed by atoms with E-state index in [2.05, 4.69) is 15.9 Å². The highest BCUT2D eigenvalue weighted by Gasteiger charge is 2.10. The SMILES string of the molecule is CCOCCCN(CCBr)CC(F)F. The van der Waals surface area contributed by atoms with Crippen molar-refractivity contribution in [1.29, 1.82) is 0 Å². The summed E-state index contributed by atoms with van der Waals surface area (Å²) in [6, 6.07) is 0. The van der Waals surface area contributed by atoms with Crippen molar-refractivity contribution in [3.05, 3.63) is 0 Å². The minimum absolute atomic E-state index is 0.141. The topological polar surface area (TPSA) is 12.5 Å². The highest BCUT2D eigenvalue weighted by Crippen LogP contribution is 2.00. The molecule has 0 atom stereocenters. The molecule has 0 fully saturated rings. The molecule has 0 saturated heterocycles. The van der Waals surface area contributed by atoms with E-state index in [0.29, 0.717) is 26.3 Å². The number of alkyl halides is 3. The van der Waals surface area contributed by atoms with Gasteiger partial charge in [-0.2, -0.15) is 0 Å². The summed E-state index contributed by atoms with van der Waals surface area (Å²) in [5, 5.41) is 0.731. The Morgan fingerprint density at radius 2 is 2.07 bits per heavy atom. The normalized spacial score (nSPS) is 11.6. The van der Waals surface area contributed by atoms with Gasteiger partial charge < -0.3 is 4.74 Å². The van der Waals surface area contributed by atoms with E-state index in [1.54, 1.807) is 4.90 Å². The Hall–Kier alpha value is 0.260. The Morgan fingerprint density at radius 3 is 2.57 bits per heavy atom. The summed E-state index contributed by atoms with van der Waals surface area (Å²) in [5.74, 6) is 0. The molecule has 0 unspecified atom stereocenters. The molecule has 0 rings (SSSR count). The lowest BCUT2D eigenvalue weighted by Crippen LogP contribution is -2.32. The van der Waals surface area contributed by atoms with Crippen LogP contribution in [-0.4, -0.2) is 49.5 Å². The highest BCUT2D eigenvalue weighted by atomic mass is 79.9. The summed E-state index contributed by atoms with van der Waals surface area (Å²) in [6.07, 6.45) is -1.44. The van der Waals surface area contributed by atoms with Crippen LogP contribution in [0.5, 0.6) is 0 Å². The van der Waals surface area contributed by atoms with Gasteiger partial charge in [-0.15, -0.1) is 0 Å². The van der Waals surface area contributed by atoms with Crippen LogP contribution in [0.3, 0.4) is 0 Å². The summed E-state index contributed by atoms with van der Waals surface area (Å²) < 4.78 is 29.3. The van der Waals surface area contributed by atoms with E-state index in [1.165, 1.54) is 0 Å². The lowest BCUT2D eigenvalue weighted by Gasteiger charge is -2.20. The molecule has 0 aliphatic rings. The van der Waals surface area contributed by atoms with Crippen molar-refractivity contribution in [1.82, 2.24) is 4.90 Å². The average molecular weight is 274 g/mol. The van der Waals surface area contributed by atoms with Crippen molar-refractivity contribution < 1.29 is 13.5 Å². The Kier molecular flexibility index (Phi) is 9.98. The average Bonchev–Trinajstić information content (AvgIpc) is 2.12. The van der Waals surface area contributed by atoms with Crippen molar-refractivity contribution >= 4 is 15.9 Å². The van der Waals surface area contributed by atoms with E-state index in [9.17, 15) is 8.78 Å². The molecule has 0 spiro atoms. The summed E-state index contributed by atoms with van der Waals surface area (Å²) in [4.78, 5) is 1.75. The van der Waals surface area contributed by atoms with Crippen LogP contribution in [0.4, 0.5) is 8.78 Å². The molecule has 5 heteroatoms. The van der Waals surface area contributed by atoms with Crippen molar-refractivity contribution in [2.45, 2.75) is 19.8 Å². The molecule has 0 N–H and O–H groups in total. The molecule has 2 nitrogen and oxygen atoms in total. The van der Waals surface area contributed by atoms with Crippen molar-refractivity contribution in [2.75, 3.05) is 38.2 Å². The predicted molar refractivity (Wildman–Crippen MR) is 57.3 cm³/mol. The van der Waals surface area contributed by atoms with Gasteiger partial charge in [0.05, 0.1) is 6.54 Å². The van der Waals surface area contributed by atoms with Gasteiger partial charge in [-0.25, -0.2) is 8.78 Å². The van der Waals surface area contributed by atoms with Crippen molar-refractivity contribution in [3.8, 4) is 0 Å². The third-order valence-electron chi connectivity index (χ3n) is 1.76. The fourth-order valence-electron chi connectivity index (χ4n) is 1.14. The van der Waals surface area contributed by atoms with Gasteiger partial charge in [-0.3, -0.25) is 4.90 Å². The summed E-state index contributed by atoms with van der Waals surface area (Å²) in [5.41, 5.74) is 0. The maximum absolute atomic E-state index is 12.1. The number of nitrogens with zero attached hydrogens (tertiary/aromatic N) is 1. The number of hydrogen-bond donors (Lipinski definition) is 0. The maximum atomic E-state index is 12.1. The summed E-state index contributed by atoms with van der Waals surface area (Å²) in [6.45, 7) is 4.46. The van der Waals surface area contributed by atoms with Crippen molar-refractivity contribution in [3.63, 3.8) is 0 Å². The first-order chi connectivity index (χ1) is 6.70. The molecule has 0 aliphatic carbocycles. The Balaban J connectivity index is 3.51. The number of halogens is 3. The molecular weight excluding hydrogens is 256 g/mol. The largest absolute Gasteiger partial charge is 0.382 e. The van der Waals surface area contributed by atoms with E-state index < -0.39 is 6.43 Å². The first-order valence-electron chi connectivity index (χ1n) is 4.85. The van der Waals surface area contributed by atoms with E-state index in [-0.39, 0.29) is 6.54 Å². The van der Waals surface area contributed by atoms with Crippen LogP contribution in [0.25, 0.3) is 0 Å². The van der Waals surface area contributed by atoms with Crippen LogP contribution < -0.4 is 0 Å². The van der Waals surface area contributed by atoms with Gasteiger partial charge in [-0.1, -0.05) is 15.9 Å². The second kappa shape index (κ2) is 9.80. The van der Waals surface area contributed by atoms with Crippen LogP contribution >= 0.6 is 15.9 Å². The lowest BCUT2D eigenvalue weighted by molar-refractivity contribution is 0.0810. The number of hydrogen-bond acceptors (Lipinski definition) is 2. The van der Waals surface area contributed by atoms with Gasteiger partial charge in [0.2, 0.25) is 0 Å². The molecule has 0 amide bonds. The summed E-state index contributed by atoms with van der Waals surface area (Å²) >= 11 is 3.24. The van der Waals surface area contributed by atoms with Gasteiger partial charge in [0.25, 0.3) is 6.43 Å². The second-order valence-electron chi connectivity index (χ2n) is 2.93. The smallest absolute Gasteiger partial charge is 0.251 e. The third-order valence-corrected chi connectivity index (χ3v) is 2.12. The van der Waals surface area contributed by atoms with Gasteiger partial charge in [0, 0.05) is 31.6 Å². The third kappa shape index (κ3) is 8.84. The predicted octanol–water partition coefficient (Wildman–Crippen LogP) is 2.38. The van der Waals surface area contributed by atoms with E-state index in [4.69, 9.17) is 4.74 Å². The van der Waals surface area contributed by atoms with Crippen molar-refractivity contribution in [2.24, 2.45) is 0 Å². The Labute approximate surface area is 92.7 Å². The molecule has 14 heavy (non-hydrogen) atoms. The Bertz CT molecular complexity index is 127. The first-order valence-corrected chi connectivity index (χ1v) is 5.97. The van der Waals surface area contributed by atoms with Gasteiger partial charge in [0.15, 0.2) is 0 Å². The van der Waals surface area contributed by atoms with E-state index >= 15 is 0 Å². The molecule has 0 aliphatic heterocycles. The lowest BCUT2D eigenvalue weighted by atomic mass is 10.4. The molecule has 0 bridgehead atoms. The minimum Gasteiger partial charge on any atom is -0.382 e. The zero-order valence-corrected chi connectivity index (χ0v) is 10.1. The van der Waals surface area contributed by atoms with Crippen LogP contribution in [0.1, 0.15) is 13.3 Å². The fourth-order valence-corrected chi connectivity index (χ4v) is 1.65. The molecule has 0 aromatic heterocycles. The molecule has 0 radical (unpaired) electrons. The monoisotopic (exact) mass is 273 g/mol. The molecule has 0 heterocycles. The van der Waals surface area contributed by atoms with Crippen LogP contribution in [0.15, 0.2) is 0 Å². The first kappa shape index (κ1) is 14.3. The number of ether oxygens (including phenoxy) is 1. The zero-order valence-electron chi connectivity index (χ0n) is 8.52. The van der Waals surface area contributed by atoms with E-state index in [0.717, 1.165) is 11.8 Å². The molecule has 0 saturated carbocycles. The van der Waals surface area contributed by atoms with Gasteiger partial charge >= 0.3 is 0 Å².